The summed E-state index contributed by atoms with van der Waals surface area (Å²) in [5.41, 5.74) is 8.49. The van der Waals surface area contributed by atoms with Crippen molar-refractivity contribution in [1.82, 2.24) is 0 Å². The Hall–Kier alpha value is -1.82. The van der Waals surface area contributed by atoms with Crippen LogP contribution in [0.5, 0.6) is 0 Å². The lowest BCUT2D eigenvalue weighted by molar-refractivity contribution is 0.834. The Morgan fingerprint density at radius 2 is 1.52 bits per heavy atom. The molecule has 0 saturated carbocycles. The normalized spacial score (nSPS) is 13.2. The highest BCUT2D eigenvalue weighted by molar-refractivity contribution is 5.80. The van der Waals surface area contributed by atoms with E-state index in [4.69, 9.17) is 0 Å². The van der Waals surface area contributed by atoms with Gasteiger partial charge in [-0.3, -0.25) is 0 Å². The summed E-state index contributed by atoms with van der Waals surface area (Å²) in [5, 5.41) is 0. The zero-order chi connectivity index (χ0) is 15.0. The van der Waals surface area contributed by atoms with Gasteiger partial charge in [-0.2, -0.15) is 0 Å². The molecule has 2 aromatic rings. The molecule has 0 aromatic heterocycles. The molecule has 3 rings (SSSR count). The van der Waals surface area contributed by atoms with Crippen molar-refractivity contribution in [2.45, 2.75) is 46.0 Å². The molecule has 0 spiro atoms. The van der Waals surface area contributed by atoms with Crippen molar-refractivity contribution in [3.63, 3.8) is 0 Å². The second kappa shape index (κ2) is 5.52. The molecule has 0 radical (unpaired) electrons. The predicted octanol–water partition coefficient (Wildman–Crippen LogP) is 6.17. The van der Waals surface area contributed by atoms with Crippen LogP contribution >= 0.6 is 0 Å². The van der Waals surface area contributed by atoms with Crippen LogP contribution in [0, 0.1) is 0 Å². The molecule has 2 aromatic carbocycles. The standard InChI is InChI=1S/C21H24/c1-14(2)17-11-18(15(3)4)13-19(12-17)21-10-6-8-16-7-5-9-20(16)21/h5-6,8-15H,7H2,1-4H3. The minimum Gasteiger partial charge on any atom is -0.0795 e. The summed E-state index contributed by atoms with van der Waals surface area (Å²) in [6, 6.07) is 13.8. The summed E-state index contributed by atoms with van der Waals surface area (Å²) in [6.07, 6.45) is 5.62. The molecule has 0 amide bonds. The van der Waals surface area contributed by atoms with Crippen LogP contribution in [0.1, 0.15) is 61.8 Å². The lowest BCUT2D eigenvalue weighted by Crippen LogP contribution is -1.96. The van der Waals surface area contributed by atoms with Crippen LogP contribution in [-0.4, -0.2) is 0 Å². The summed E-state index contributed by atoms with van der Waals surface area (Å²) in [7, 11) is 0. The van der Waals surface area contributed by atoms with Gasteiger partial charge in [-0.25, -0.2) is 0 Å². The second-order valence-electron chi connectivity index (χ2n) is 6.68. The fraction of sp³-hybridized carbons (Fsp3) is 0.333. The first-order chi connectivity index (χ1) is 10.1. The molecule has 0 saturated heterocycles. The van der Waals surface area contributed by atoms with Crippen molar-refractivity contribution < 1.29 is 0 Å². The molecule has 0 heterocycles. The van der Waals surface area contributed by atoms with Crippen molar-refractivity contribution in [3.05, 3.63) is 64.7 Å². The molecule has 0 heteroatoms. The molecule has 0 unspecified atom stereocenters. The van der Waals surface area contributed by atoms with Gasteiger partial charge in [0.2, 0.25) is 0 Å². The van der Waals surface area contributed by atoms with E-state index in [0.717, 1.165) is 6.42 Å². The maximum atomic E-state index is 2.37. The zero-order valence-corrected chi connectivity index (χ0v) is 13.5. The topological polar surface area (TPSA) is 0 Å². The molecule has 1 aliphatic rings. The van der Waals surface area contributed by atoms with Gasteiger partial charge in [-0.05, 0) is 51.6 Å². The molecule has 0 atom stereocenters. The largest absolute Gasteiger partial charge is 0.0795 e. The van der Waals surface area contributed by atoms with Crippen LogP contribution in [0.4, 0.5) is 0 Å². The average molecular weight is 276 g/mol. The second-order valence-corrected chi connectivity index (χ2v) is 6.68. The predicted molar refractivity (Wildman–Crippen MR) is 92.8 cm³/mol. The fourth-order valence-electron chi connectivity index (χ4n) is 3.04. The van der Waals surface area contributed by atoms with E-state index in [0.29, 0.717) is 11.8 Å². The van der Waals surface area contributed by atoms with Gasteiger partial charge in [-0.1, -0.05) is 76.2 Å². The molecule has 0 fully saturated rings. The fourth-order valence-corrected chi connectivity index (χ4v) is 3.04. The van der Waals surface area contributed by atoms with Gasteiger partial charge >= 0.3 is 0 Å². The lowest BCUT2D eigenvalue weighted by atomic mass is 9.89. The van der Waals surface area contributed by atoms with E-state index in [1.165, 1.54) is 33.4 Å². The summed E-state index contributed by atoms with van der Waals surface area (Å²) in [4.78, 5) is 0. The SMILES string of the molecule is CC(C)c1cc(-c2cccc3c2C=CC3)cc(C(C)C)c1. The van der Waals surface area contributed by atoms with Crippen molar-refractivity contribution in [1.29, 1.82) is 0 Å². The number of allylic oxidation sites excluding steroid dienone is 1. The van der Waals surface area contributed by atoms with Gasteiger partial charge in [0, 0.05) is 0 Å². The van der Waals surface area contributed by atoms with Crippen molar-refractivity contribution >= 4 is 6.08 Å². The minimum absolute atomic E-state index is 0.565. The highest BCUT2D eigenvalue weighted by Gasteiger charge is 2.14. The monoisotopic (exact) mass is 276 g/mol. The Morgan fingerprint density at radius 3 is 2.14 bits per heavy atom. The number of hydrogen-bond acceptors (Lipinski definition) is 0. The maximum Gasteiger partial charge on any atom is -0.00879 e. The first kappa shape index (κ1) is 14.1. The lowest BCUT2D eigenvalue weighted by Gasteiger charge is -2.16. The third kappa shape index (κ3) is 2.68. The van der Waals surface area contributed by atoms with Crippen LogP contribution < -0.4 is 0 Å². The van der Waals surface area contributed by atoms with Crippen LogP contribution in [0.25, 0.3) is 17.2 Å². The van der Waals surface area contributed by atoms with Gasteiger partial charge in [0.05, 0.1) is 0 Å². The van der Waals surface area contributed by atoms with E-state index in [1.54, 1.807) is 0 Å². The first-order valence-electron chi connectivity index (χ1n) is 8.00. The molecule has 0 bridgehead atoms. The Bertz CT molecular complexity index is 661. The summed E-state index contributed by atoms with van der Waals surface area (Å²) in [5.74, 6) is 1.13. The van der Waals surface area contributed by atoms with Crippen molar-refractivity contribution in [3.8, 4) is 11.1 Å². The van der Waals surface area contributed by atoms with Gasteiger partial charge in [0.25, 0.3) is 0 Å². The van der Waals surface area contributed by atoms with E-state index < -0.39 is 0 Å². The zero-order valence-electron chi connectivity index (χ0n) is 13.5. The van der Waals surface area contributed by atoms with Crippen LogP contribution in [0.2, 0.25) is 0 Å². The highest BCUT2D eigenvalue weighted by Crippen LogP contribution is 2.34. The Balaban J connectivity index is 2.18. The summed E-state index contributed by atoms with van der Waals surface area (Å²) in [6.45, 7) is 9.11. The van der Waals surface area contributed by atoms with E-state index >= 15 is 0 Å². The first-order valence-corrected chi connectivity index (χ1v) is 8.00. The average Bonchev–Trinajstić information content (AvgIpc) is 2.94. The smallest absolute Gasteiger partial charge is 0.00879 e. The van der Waals surface area contributed by atoms with Gasteiger partial charge in [0.1, 0.15) is 0 Å². The molecule has 0 N–H and O–H groups in total. The molecule has 1 aliphatic carbocycles. The number of benzene rings is 2. The molecule has 0 aliphatic heterocycles. The molecule has 108 valence electrons. The third-order valence-electron chi connectivity index (χ3n) is 4.44. The molecule has 21 heavy (non-hydrogen) atoms. The maximum absolute atomic E-state index is 2.37. The van der Waals surface area contributed by atoms with E-state index in [-0.39, 0.29) is 0 Å². The van der Waals surface area contributed by atoms with Crippen LogP contribution in [0.15, 0.2) is 42.5 Å². The molecule has 0 nitrogen and oxygen atoms in total. The summed E-state index contributed by atoms with van der Waals surface area (Å²) < 4.78 is 0. The van der Waals surface area contributed by atoms with Gasteiger partial charge in [-0.15, -0.1) is 0 Å². The molecular formula is C21H24. The quantitative estimate of drug-likeness (QED) is 0.629. The third-order valence-corrected chi connectivity index (χ3v) is 4.44. The van der Waals surface area contributed by atoms with Gasteiger partial charge < -0.3 is 0 Å². The number of fused-ring (bicyclic) bond motifs is 1. The Labute approximate surface area is 128 Å². The van der Waals surface area contributed by atoms with E-state index in [2.05, 4.69) is 76.2 Å². The Morgan fingerprint density at radius 1 is 0.857 bits per heavy atom. The van der Waals surface area contributed by atoms with E-state index in [1.807, 2.05) is 0 Å². The van der Waals surface area contributed by atoms with Crippen molar-refractivity contribution in [2.75, 3.05) is 0 Å². The van der Waals surface area contributed by atoms with Crippen LogP contribution in [0.3, 0.4) is 0 Å². The van der Waals surface area contributed by atoms with Gasteiger partial charge in [0.15, 0.2) is 0 Å². The minimum atomic E-state index is 0.565. The summed E-state index contributed by atoms with van der Waals surface area (Å²) >= 11 is 0. The Kier molecular flexibility index (Phi) is 3.71. The number of hydrogen-bond donors (Lipinski definition) is 0. The number of rotatable bonds is 3. The van der Waals surface area contributed by atoms with Crippen LogP contribution in [-0.2, 0) is 6.42 Å². The highest BCUT2D eigenvalue weighted by atomic mass is 14.2. The van der Waals surface area contributed by atoms with Crippen molar-refractivity contribution in [2.24, 2.45) is 0 Å². The van der Waals surface area contributed by atoms with E-state index in [9.17, 15) is 0 Å². The molecular weight excluding hydrogens is 252 g/mol.